The summed E-state index contributed by atoms with van der Waals surface area (Å²) in [6, 6.07) is 4.69. The number of rotatable bonds is 5. The van der Waals surface area contributed by atoms with Crippen LogP contribution in [0.3, 0.4) is 0 Å². The van der Waals surface area contributed by atoms with E-state index in [4.69, 9.17) is 17.3 Å². The van der Waals surface area contributed by atoms with E-state index in [1.165, 1.54) is 6.07 Å². The molecular weight excluding hydrogens is 338 g/mol. The van der Waals surface area contributed by atoms with E-state index in [9.17, 15) is 14.4 Å². The number of nitrogens with two attached hydrogens (primary N) is 1. The molecule has 3 amide bonds. The van der Waals surface area contributed by atoms with E-state index in [1.54, 1.807) is 12.1 Å². The standard InChI is InChI=1S/C15H20ClN3O3S/c1-15(2,3)19-14(22)23-11-5-4-9(16)8-10(11)13(21)18-7-6-12(17)20/h4-5,8H,6-7H2,1-3H3,(H2,17,20)(H,18,21)(H,19,22). The zero-order valence-electron chi connectivity index (χ0n) is 13.2. The SMILES string of the molecule is CC(C)(C)NC(=O)Sc1ccc(Cl)cc1C(=O)NCCC(N)=O. The minimum atomic E-state index is -0.504. The maximum absolute atomic E-state index is 12.2. The van der Waals surface area contributed by atoms with Gasteiger partial charge in [0.2, 0.25) is 5.91 Å². The Kier molecular flexibility index (Phi) is 6.90. The second-order valence-corrected chi connectivity index (χ2v) is 7.33. The summed E-state index contributed by atoms with van der Waals surface area (Å²) in [6.45, 7) is 5.72. The van der Waals surface area contributed by atoms with Crippen molar-refractivity contribution in [2.45, 2.75) is 37.6 Å². The van der Waals surface area contributed by atoms with Crippen molar-refractivity contribution in [1.29, 1.82) is 0 Å². The molecule has 0 saturated heterocycles. The third-order valence-corrected chi connectivity index (χ3v) is 3.62. The molecule has 0 heterocycles. The summed E-state index contributed by atoms with van der Waals surface area (Å²) >= 11 is 6.84. The molecule has 0 aliphatic rings. The summed E-state index contributed by atoms with van der Waals surface area (Å²) in [5.41, 5.74) is 4.93. The van der Waals surface area contributed by atoms with E-state index >= 15 is 0 Å². The number of primary amides is 1. The highest BCUT2D eigenvalue weighted by Gasteiger charge is 2.19. The Morgan fingerprint density at radius 2 is 1.91 bits per heavy atom. The maximum atomic E-state index is 12.2. The van der Waals surface area contributed by atoms with Crippen LogP contribution >= 0.6 is 23.4 Å². The molecule has 0 fully saturated rings. The van der Waals surface area contributed by atoms with E-state index in [1.807, 2.05) is 20.8 Å². The topological polar surface area (TPSA) is 101 Å². The van der Waals surface area contributed by atoms with Gasteiger partial charge in [0.1, 0.15) is 0 Å². The lowest BCUT2D eigenvalue weighted by Crippen LogP contribution is -2.38. The average molecular weight is 358 g/mol. The fourth-order valence-electron chi connectivity index (χ4n) is 1.59. The zero-order chi connectivity index (χ0) is 17.6. The van der Waals surface area contributed by atoms with Crippen molar-refractivity contribution >= 4 is 40.4 Å². The highest BCUT2D eigenvalue weighted by atomic mass is 35.5. The van der Waals surface area contributed by atoms with E-state index in [0.29, 0.717) is 9.92 Å². The number of halogens is 1. The molecule has 4 N–H and O–H groups in total. The van der Waals surface area contributed by atoms with Crippen LogP contribution in [-0.2, 0) is 4.79 Å². The molecule has 0 aromatic heterocycles. The van der Waals surface area contributed by atoms with Crippen molar-refractivity contribution in [3.05, 3.63) is 28.8 Å². The highest BCUT2D eigenvalue weighted by molar-refractivity contribution is 8.13. The summed E-state index contributed by atoms with van der Waals surface area (Å²) in [5, 5.41) is 5.49. The van der Waals surface area contributed by atoms with E-state index in [0.717, 1.165) is 11.8 Å². The maximum Gasteiger partial charge on any atom is 0.284 e. The van der Waals surface area contributed by atoms with Gasteiger partial charge in [-0.2, -0.15) is 0 Å². The Morgan fingerprint density at radius 3 is 2.48 bits per heavy atom. The smallest absolute Gasteiger partial charge is 0.284 e. The van der Waals surface area contributed by atoms with Crippen LogP contribution in [0.1, 0.15) is 37.6 Å². The van der Waals surface area contributed by atoms with Crippen LogP contribution in [-0.4, -0.2) is 29.1 Å². The van der Waals surface area contributed by atoms with Crippen LogP contribution in [0, 0.1) is 0 Å². The predicted molar refractivity (Wildman–Crippen MR) is 91.7 cm³/mol. The Hall–Kier alpha value is -1.73. The van der Waals surface area contributed by atoms with Gasteiger partial charge in [0.05, 0.1) is 5.56 Å². The molecule has 0 aliphatic heterocycles. The second kappa shape index (κ2) is 8.21. The first-order chi connectivity index (χ1) is 10.6. The molecule has 6 nitrogen and oxygen atoms in total. The molecule has 1 aromatic carbocycles. The van der Waals surface area contributed by atoms with Crippen molar-refractivity contribution < 1.29 is 14.4 Å². The van der Waals surface area contributed by atoms with Crippen molar-refractivity contribution in [2.24, 2.45) is 5.73 Å². The van der Waals surface area contributed by atoms with Gasteiger partial charge in [-0.05, 0) is 50.7 Å². The monoisotopic (exact) mass is 357 g/mol. The number of hydrogen-bond donors (Lipinski definition) is 3. The fourth-order valence-corrected chi connectivity index (χ4v) is 2.72. The minimum absolute atomic E-state index is 0.0410. The fraction of sp³-hybridized carbons (Fsp3) is 0.400. The Labute approximate surface area is 144 Å². The van der Waals surface area contributed by atoms with Gasteiger partial charge in [-0.15, -0.1) is 0 Å². The van der Waals surface area contributed by atoms with Crippen LogP contribution in [0.2, 0.25) is 5.02 Å². The highest BCUT2D eigenvalue weighted by Crippen LogP contribution is 2.27. The van der Waals surface area contributed by atoms with Crippen LogP contribution < -0.4 is 16.4 Å². The molecule has 0 spiro atoms. The number of thioether (sulfide) groups is 1. The lowest BCUT2D eigenvalue weighted by Gasteiger charge is -2.20. The number of carbonyl (C=O) groups excluding carboxylic acids is 3. The van der Waals surface area contributed by atoms with Gasteiger partial charge < -0.3 is 16.4 Å². The van der Waals surface area contributed by atoms with Gasteiger partial charge in [0.25, 0.3) is 11.1 Å². The number of carbonyl (C=O) groups is 3. The molecule has 0 saturated carbocycles. The first kappa shape index (κ1) is 19.3. The van der Waals surface area contributed by atoms with Crippen LogP contribution in [0.25, 0.3) is 0 Å². The predicted octanol–water partition coefficient (Wildman–Crippen LogP) is 2.55. The number of benzene rings is 1. The zero-order valence-corrected chi connectivity index (χ0v) is 14.8. The molecule has 1 rings (SSSR count). The van der Waals surface area contributed by atoms with Crippen LogP contribution in [0.15, 0.2) is 23.1 Å². The molecular formula is C15H20ClN3O3S. The third-order valence-electron chi connectivity index (χ3n) is 2.52. The van der Waals surface area contributed by atoms with Crippen molar-refractivity contribution in [1.82, 2.24) is 10.6 Å². The van der Waals surface area contributed by atoms with Gasteiger partial charge in [0, 0.05) is 28.4 Å². The molecule has 23 heavy (non-hydrogen) atoms. The van der Waals surface area contributed by atoms with Gasteiger partial charge in [-0.25, -0.2) is 0 Å². The van der Waals surface area contributed by atoms with Crippen LogP contribution in [0.4, 0.5) is 4.79 Å². The summed E-state index contributed by atoms with van der Waals surface area (Å²) in [4.78, 5) is 35.4. The van der Waals surface area contributed by atoms with Crippen molar-refractivity contribution in [3.63, 3.8) is 0 Å². The molecule has 0 radical (unpaired) electrons. The molecule has 0 aliphatic carbocycles. The first-order valence-electron chi connectivity index (χ1n) is 6.94. The second-order valence-electron chi connectivity index (χ2n) is 5.88. The molecule has 0 unspecified atom stereocenters. The molecule has 0 atom stereocenters. The summed E-state index contributed by atoms with van der Waals surface area (Å²) in [7, 11) is 0. The van der Waals surface area contributed by atoms with Crippen LogP contribution in [0.5, 0.6) is 0 Å². The molecule has 8 heteroatoms. The number of hydrogen-bond acceptors (Lipinski definition) is 4. The summed E-state index contributed by atoms with van der Waals surface area (Å²) in [5.74, 6) is -0.921. The van der Waals surface area contributed by atoms with E-state index in [-0.39, 0.29) is 29.3 Å². The Morgan fingerprint density at radius 1 is 1.26 bits per heavy atom. The van der Waals surface area contributed by atoms with Gasteiger partial charge >= 0.3 is 0 Å². The summed E-state index contributed by atoms with van der Waals surface area (Å²) < 4.78 is 0. The molecule has 1 aromatic rings. The van der Waals surface area contributed by atoms with Gasteiger partial charge in [-0.3, -0.25) is 14.4 Å². The third kappa shape index (κ3) is 7.38. The quantitative estimate of drug-likeness (QED) is 0.705. The van der Waals surface area contributed by atoms with E-state index < -0.39 is 11.8 Å². The number of amides is 3. The largest absolute Gasteiger partial charge is 0.370 e. The minimum Gasteiger partial charge on any atom is -0.370 e. The molecule has 0 bridgehead atoms. The Balaban J connectivity index is 2.86. The molecule has 126 valence electrons. The van der Waals surface area contributed by atoms with Gasteiger partial charge in [-0.1, -0.05) is 11.6 Å². The summed E-state index contributed by atoms with van der Waals surface area (Å²) in [6.07, 6.45) is 0.0410. The average Bonchev–Trinajstić information content (AvgIpc) is 2.38. The lowest BCUT2D eigenvalue weighted by molar-refractivity contribution is -0.117. The van der Waals surface area contributed by atoms with Crippen molar-refractivity contribution in [2.75, 3.05) is 6.54 Å². The van der Waals surface area contributed by atoms with Gasteiger partial charge in [0.15, 0.2) is 0 Å². The Bertz CT molecular complexity index is 614. The first-order valence-corrected chi connectivity index (χ1v) is 8.14. The lowest BCUT2D eigenvalue weighted by atomic mass is 10.1. The van der Waals surface area contributed by atoms with E-state index in [2.05, 4.69) is 10.6 Å². The van der Waals surface area contributed by atoms with Crippen molar-refractivity contribution in [3.8, 4) is 0 Å². The number of nitrogens with one attached hydrogen (secondary N) is 2. The normalized spacial score (nSPS) is 11.0.